The fraction of sp³-hybridized carbons (Fsp3) is 0.409. The second-order valence-electron chi connectivity index (χ2n) is 8.38. The molecule has 0 aliphatic carbocycles. The molecule has 0 spiro atoms. The first kappa shape index (κ1) is 19.0. The molecule has 0 amide bonds. The number of hydrogen-bond donors (Lipinski definition) is 1. The molecule has 132 valence electrons. The van der Waals surface area contributed by atoms with E-state index in [-0.39, 0.29) is 10.8 Å². The number of benzene rings is 2. The van der Waals surface area contributed by atoms with Crippen LogP contribution in [0.1, 0.15) is 64.3 Å². The van der Waals surface area contributed by atoms with E-state index in [1.807, 2.05) is 18.2 Å². The summed E-state index contributed by atoms with van der Waals surface area (Å²) in [6.45, 7) is 13.0. The standard InChI is InChI=1S/C22H27NO2/c1-21(2,3)15-11-12-20(17(13-15)22(4,5)6)25-19-10-8-7-9-16(19)18(24)14-23/h7-13,18,24H,1-6H3. The van der Waals surface area contributed by atoms with E-state index in [1.54, 1.807) is 18.2 Å². The van der Waals surface area contributed by atoms with Gasteiger partial charge in [0.15, 0.2) is 6.10 Å². The van der Waals surface area contributed by atoms with Crippen LogP contribution in [0.3, 0.4) is 0 Å². The van der Waals surface area contributed by atoms with Gasteiger partial charge in [0.1, 0.15) is 11.5 Å². The minimum atomic E-state index is -1.21. The predicted molar refractivity (Wildman–Crippen MR) is 101 cm³/mol. The van der Waals surface area contributed by atoms with Gasteiger partial charge in [-0.25, -0.2) is 0 Å². The lowest BCUT2D eigenvalue weighted by atomic mass is 9.80. The van der Waals surface area contributed by atoms with Crippen LogP contribution in [0, 0.1) is 11.3 Å². The SMILES string of the molecule is CC(C)(C)c1ccc(Oc2ccccc2C(O)C#N)c(C(C)(C)C)c1. The maximum Gasteiger partial charge on any atom is 0.169 e. The van der Waals surface area contributed by atoms with E-state index in [2.05, 4.69) is 53.7 Å². The third-order valence-electron chi connectivity index (χ3n) is 4.21. The fourth-order valence-electron chi connectivity index (χ4n) is 2.66. The molecule has 0 heterocycles. The highest BCUT2D eigenvalue weighted by atomic mass is 16.5. The molecule has 0 saturated carbocycles. The highest BCUT2D eigenvalue weighted by Crippen LogP contribution is 2.39. The average Bonchev–Trinajstić information content (AvgIpc) is 2.53. The Labute approximate surface area is 150 Å². The maximum absolute atomic E-state index is 9.93. The summed E-state index contributed by atoms with van der Waals surface area (Å²) in [6.07, 6.45) is -1.21. The van der Waals surface area contributed by atoms with Crippen molar-refractivity contribution in [3.63, 3.8) is 0 Å². The van der Waals surface area contributed by atoms with Crippen molar-refractivity contribution < 1.29 is 9.84 Å². The van der Waals surface area contributed by atoms with Crippen LogP contribution in [0.15, 0.2) is 42.5 Å². The van der Waals surface area contributed by atoms with Gasteiger partial charge < -0.3 is 9.84 Å². The van der Waals surface area contributed by atoms with Gasteiger partial charge >= 0.3 is 0 Å². The molecule has 1 unspecified atom stereocenters. The first-order chi connectivity index (χ1) is 11.5. The van der Waals surface area contributed by atoms with Gasteiger partial charge in [0, 0.05) is 11.1 Å². The van der Waals surface area contributed by atoms with Crippen molar-refractivity contribution in [2.45, 2.75) is 58.5 Å². The van der Waals surface area contributed by atoms with Crippen LogP contribution in [0.2, 0.25) is 0 Å². The zero-order valence-electron chi connectivity index (χ0n) is 15.9. The number of nitrogens with zero attached hydrogens (tertiary/aromatic N) is 1. The van der Waals surface area contributed by atoms with Crippen LogP contribution >= 0.6 is 0 Å². The molecule has 1 atom stereocenters. The summed E-state index contributed by atoms with van der Waals surface area (Å²) in [5.74, 6) is 1.25. The number of aliphatic hydroxyl groups excluding tert-OH is 1. The zero-order chi connectivity index (χ0) is 18.8. The Morgan fingerprint density at radius 1 is 0.920 bits per heavy atom. The normalized spacial score (nSPS) is 13.2. The lowest BCUT2D eigenvalue weighted by Gasteiger charge is -2.27. The Balaban J connectivity index is 2.53. The minimum absolute atomic E-state index is 0.0490. The summed E-state index contributed by atoms with van der Waals surface area (Å²) in [5, 5.41) is 19.0. The number of rotatable bonds is 3. The molecule has 1 N–H and O–H groups in total. The van der Waals surface area contributed by atoms with E-state index in [0.29, 0.717) is 11.3 Å². The van der Waals surface area contributed by atoms with Crippen molar-refractivity contribution in [1.82, 2.24) is 0 Å². The molecule has 0 aliphatic rings. The minimum Gasteiger partial charge on any atom is -0.457 e. The predicted octanol–water partition coefficient (Wildman–Crippen LogP) is 5.63. The van der Waals surface area contributed by atoms with Crippen molar-refractivity contribution in [1.29, 1.82) is 5.26 Å². The lowest BCUT2D eigenvalue weighted by molar-refractivity contribution is 0.231. The highest BCUT2D eigenvalue weighted by molar-refractivity contribution is 5.47. The Bertz CT molecular complexity index is 789. The Morgan fingerprint density at radius 2 is 1.56 bits per heavy atom. The van der Waals surface area contributed by atoms with Crippen molar-refractivity contribution in [3.8, 4) is 17.6 Å². The lowest BCUT2D eigenvalue weighted by Crippen LogP contribution is -2.17. The van der Waals surface area contributed by atoms with Crippen LogP contribution in [0.5, 0.6) is 11.5 Å². The first-order valence-corrected chi connectivity index (χ1v) is 8.53. The van der Waals surface area contributed by atoms with Crippen LogP contribution in [0.25, 0.3) is 0 Å². The van der Waals surface area contributed by atoms with Gasteiger partial charge in [0.2, 0.25) is 0 Å². The molecule has 0 radical (unpaired) electrons. The fourth-order valence-corrected chi connectivity index (χ4v) is 2.66. The van der Waals surface area contributed by atoms with Gasteiger partial charge in [-0.1, -0.05) is 71.9 Å². The molecular formula is C22H27NO2. The largest absolute Gasteiger partial charge is 0.457 e. The molecule has 2 aromatic carbocycles. The zero-order valence-corrected chi connectivity index (χ0v) is 15.9. The van der Waals surface area contributed by atoms with Gasteiger partial charge in [-0.3, -0.25) is 0 Å². The quantitative estimate of drug-likeness (QED) is 0.738. The van der Waals surface area contributed by atoms with Crippen LogP contribution in [0.4, 0.5) is 0 Å². The van der Waals surface area contributed by atoms with Crippen LogP contribution in [-0.2, 0) is 10.8 Å². The Hall–Kier alpha value is -2.31. The smallest absolute Gasteiger partial charge is 0.169 e. The van der Waals surface area contributed by atoms with Gasteiger partial charge in [0.05, 0.1) is 6.07 Å². The second-order valence-corrected chi connectivity index (χ2v) is 8.38. The van der Waals surface area contributed by atoms with E-state index >= 15 is 0 Å². The number of para-hydroxylation sites is 1. The number of ether oxygens (including phenoxy) is 1. The Kier molecular flexibility index (Phi) is 5.25. The van der Waals surface area contributed by atoms with Crippen molar-refractivity contribution >= 4 is 0 Å². The monoisotopic (exact) mass is 337 g/mol. The number of nitriles is 1. The molecule has 2 rings (SSSR count). The molecule has 0 aromatic heterocycles. The van der Waals surface area contributed by atoms with Crippen molar-refractivity contribution in [2.75, 3.05) is 0 Å². The molecule has 25 heavy (non-hydrogen) atoms. The van der Waals surface area contributed by atoms with Gasteiger partial charge in [-0.15, -0.1) is 0 Å². The first-order valence-electron chi connectivity index (χ1n) is 8.53. The Morgan fingerprint density at radius 3 is 2.12 bits per heavy atom. The molecular weight excluding hydrogens is 310 g/mol. The van der Waals surface area contributed by atoms with Gasteiger partial charge in [-0.05, 0) is 28.5 Å². The molecule has 0 fully saturated rings. The average molecular weight is 337 g/mol. The third kappa shape index (κ3) is 4.41. The van der Waals surface area contributed by atoms with Gasteiger partial charge in [-0.2, -0.15) is 5.26 Å². The number of hydrogen-bond acceptors (Lipinski definition) is 3. The topological polar surface area (TPSA) is 53.2 Å². The summed E-state index contributed by atoms with van der Waals surface area (Å²) in [7, 11) is 0. The summed E-state index contributed by atoms with van der Waals surface area (Å²) in [4.78, 5) is 0. The summed E-state index contributed by atoms with van der Waals surface area (Å²) in [5.41, 5.74) is 2.77. The van der Waals surface area contributed by atoms with Gasteiger partial charge in [0.25, 0.3) is 0 Å². The summed E-state index contributed by atoms with van der Waals surface area (Å²) in [6, 6.07) is 15.2. The van der Waals surface area contributed by atoms with E-state index in [1.165, 1.54) is 5.56 Å². The van der Waals surface area contributed by atoms with Crippen molar-refractivity contribution in [3.05, 3.63) is 59.2 Å². The molecule has 0 saturated heterocycles. The highest BCUT2D eigenvalue weighted by Gasteiger charge is 2.24. The molecule has 3 heteroatoms. The second kappa shape index (κ2) is 6.90. The van der Waals surface area contributed by atoms with Crippen LogP contribution in [-0.4, -0.2) is 5.11 Å². The van der Waals surface area contributed by atoms with E-state index in [4.69, 9.17) is 10.00 Å². The van der Waals surface area contributed by atoms with E-state index < -0.39 is 6.10 Å². The number of aliphatic hydroxyl groups is 1. The maximum atomic E-state index is 9.93. The molecule has 0 bridgehead atoms. The van der Waals surface area contributed by atoms with Crippen LogP contribution < -0.4 is 4.74 Å². The van der Waals surface area contributed by atoms with E-state index in [0.717, 1.165) is 11.3 Å². The van der Waals surface area contributed by atoms with Crippen molar-refractivity contribution in [2.24, 2.45) is 0 Å². The summed E-state index contributed by atoms with van der Waals surface area (Å²) >= 11 is 0. The third-order valence-corrected chi connectivity index (χ3v) is 4.21. The molecule has 0 aliphatic heterocycles. The molecule has 3 nitrogen and oxygen atoms in total. The summed E-state index contributed by atoms with van der Waals surface area (Å²) < 4.78 is 6.15. The van der Waals surface area contributed by atoms with E-state index in [9.17, 15) is 5.11 Å². The molecule has 2 aromatic rings.